The van der Waals surface area contributed by atoms with Gasteiger partial charge in [0.15, 0.2) is 0 Å². The second-order valence-electron chi connectivity index (χ2n) is 7.64. The van der Waals surface area contributed by atoms with Gasteiger partial charge in [0.05, 0.1) is 13.2 Å². The van der Waals surface area contributed by atoms with Crippen LogP contribution in [0.4, 0.5) is 0 Å². The molecule has 6 nitrogen and oxygen atoms in total. The minimum absolute atomic E-state index is 0.0297. The molecule has 0 unspecified atom stereocenters. The van der Waals surface area contributed by atoms with Crippen LogP contribution in [0.3, 0.4) is 0 Å². The van der Waals surface area contributed by atoms with Crippen molar-refractivity contribution in [1.29, 1.82) is 0 Å². The number of amides is 2. The summed E-state index contributed by atoms with van der Waals surface area (Å²) in [5.41, 5.74) is 0.659. The average molecular weight is 359 g/mol. The Kier molecular flexibility index (Phi) is 6.14. The van der Waals surface area contributed by atoms with Gasteiger partial charge in [-0.05, 0) is 37.0 Å². The van der Waals surface area contributed by atoms with Crippen molar-refractivity contribution in [2.45, 2.75) is 32.7 Å². The number of nitrogens with one attached hydrogen (secondary N) is 1. The maximum atomic E-state index is 12.7. The number of hydrogen-bond acceptors (Lipinski definition) is 4. The number of hydrogen-bond donors (Lipinski definition) is 1. The fourth-order valence-corrected chi connectivity index (χ4v) is 2.98. The van der Waals surface area contributed by atoms with Gasteiger partial charge in [0.25, 0.3) is 5.91 Å². The molecule has 0 atom stereocenters. The van der Waals surface area contributed by atoms with Gasteiger partial charge in [-0.15, -0.1) is 0 Å². The predicted octanol–water partition coefficient (Wildman–Crippen LogP) is 1.76. The van der Waals surface area contributed by atoms with Gasteiger partial charge in [0, 0.05) is 37.8 Å². The number of piperazine rings is 1. The van der Waals surface area contributed by atoms with Crippen molar-refractivity contribution in [2.24, 2.45) is 5.92 Å². The third-order valence-corrected chi connectivity index (χ3v) is 4.63. The maximum absolute atomic E-state index is 12.7. The van der Waals surface area contributed by atoms with Crippen LogP contribution in [0.15, 0.2) is 24.3 Å². The van der Waals surface area contributed by atoms with E-state index >= 15 is 0 Å². The molecule has 0 aromatic heterocycles. The van der Waals surface area contributed by atoms with Gasteiger partial charge in [-0.25, -0.2) is 0 Å². The molecule has 2 fully saturated rings. The highest BCUT2D eigenvalue weighted by molar-refractivity contribution is 5.94. The molecule has 1 N–H and O–H groups in total. The fraction of sp³-hybridized carbons (Fsp3) is 0.600. The van der Waals surface area contributed by atoms with Gasteiger partial charge >= 0.3 is 0 Å². The van der Waals surface area contributed by atoms with Gasteiger partial charge in [-0.1, -0.05) is 19.9 Å². The molecule has 0 bridgehead atoms. The van der Waals surface area contributed by atoms with Crippen molar-refractivity contribution in [1.82, 2.24) is 15.1 Å². The molecule has 1 aromatic rings. The van der Waals surface area contributed by atoms with E-state index in [0.717, 1.165) is 31.7 Å². The van der Waals surface area contributed by atoms with Gasteiger partial charge in [-0.3, -0.25) is 14.5 Å². The van der Waals surface area contributed by atoms with Crippen LogP contribution < -0.4 is 10.1 Å². The molecule has 1 saturated heterocycles. The highest BCUT2D eigenvalue weighted by Crippen LogP contribution is 2.19. The molecule has 26 heavy (non-hydrogen) atoms. The summed E-state index contributed by atoms with van der Waals surface area (Å²) in [5, 5.41) is 3.01. The molecule has 0 radical (unpaired) electrons. The second kappa shape index (κ2) is 8.54. The lowest BCUT2D eigenvalue weighted by atomic mass is 10.1. The number of carbonyl (C=O) groups is 2. The number of nitrogens with zero attached hydrogens (tertiary/aromatic N) is 2. The van der Waals surface area contributed by atoms with Crippen LogP contribution in [-0.2, 0) is 4.79 Å². The zero-order chi connectivity index (χ0) is 18.5. The van der Waals surface area contributed by atoms with E-state index in [9.17, 15) is 9.59 Å². The monoisotopic (exact) mass is 359 g/mol. The van der Waals surface area contributed by atoms with E-state index in [-0.39, 0.29) is 11.8 Å². The first-order valence-electron chi connectivity index (χ1n) is 9.55. The van der Waals surface area contributed by atoms with Gasteiger partial charge in [-0.2, -0.15) is 0 Å². The molecule has 1 aromatic carbocycles. The van der Waals surface area contributed by atoms with Crippen molar-refractivity contribution >= 4 is 11.8 Å². The molecule has 142 valence electrons. The first-order chi connectivity index (χ1) is 12.5. The average Bonchev–Trinajstić information content (AvgIpc) is 3.44. The van der Waals surface area contributed by atoms with Crippen LogP contribution in [0.1, 0.15) is 37.0 Å². The van der Waals surface area contributed by atoms with Crippen molar-refractivity contribution < 1.29 is 14.3 Å². The lowest BCUT2D eigenvalue weighted by Gasteiger charge is -2.34. The summed E-state index contributed by atoms with van der Waals surface area (Å²) in [6.45, 7) is 8.01. The van der Waals surface area contributed by atoms with E-state index < -0.39 is 0 Å². The number of ether oxygens (including phenoxy) is 1. The standard InChI is InChI=1S/C20H29N3O3/c1-15(2)14-26-18-5-3-4-16(12-18)20(25)23-10-8-22(9-11-23)13-19(24)21-17-6-7-17/h3-5,12,15,17H,6-11,13-14H2,1-2H3,(H,21,24). The zero-order valence-electron chi connectivity index (χ0n) is 15.7. The predicted molar refractivity (Wildman–Crippen MR) is 100 cm³/mol. The minimum atomic E-state index is 0.0297. The Bertz CT molecular complexity index is 635. The summed E-state index contributed by atoms with van der Waals surface area (Å²) in [7, 11) is 0. The van der Waals surface area contributed by atoms with Crippen LogP contribution >= 0.6 is 0 Å². The first kappa shape index (κ1) is 18.7. The van der Waals surface area contributed by atoms with Gasteiger partial charge < -0.3 is 15.0 Å². The third kappa shape index (κ3) is 5.46. The van der Waals surface area contributed by atoms with Crippen molar-refractivity contribution in [2.75, 3.05) is 39.3 Å². The van der Waals surface area contributed by atoms with Crippen LogP contribution in [0.5, 0.6) is 5.75 Å². The summed E-state index contributed by atoms with van der Waals surface area (Å²) in [6.07, 6.45) is 2.21. The smallest absolute Gasteiger partial charge is 0.254 e. The number of rotatable bonds is 7. The van der Waals surface area contributed by atoms with E-state index in [0.29, 0.717) is 43.8 Å². The van der Waals surface area contributed by atoms with Crippen molar-refractivity contribution in [3.8, 4) is 5.75 Å². The van der Waals surface area contributed by atoms with E-state index in [1.807, 2.05) is 29.2 Å². The Hall–Kier alpha value is -2.08. The van der Waals surface area contributed by atoms with Crippen molar-refractivity contribution in [3.05, 3.63) is 29.8 Å². The van der Waals surface area contributed by atoms with E-state index in [1.165, 1.54) is 0 Å². The van der Waals surface area contributed by atoms with E-state index in [4.69, 9.17) is 4.74 Å². The topological polar surface area (TPSA) is 61.9 Å². The second-order valence-corrected chi connectivity index (χ2v) is 7.64. The molecule has 2 amide bonds. The lowest BCUT2D eigenvalue weighted by Crippen LogP contribution is -2.51. The summed E-state index contributed by atoms with van der Waals surface area (Å²) < 4.78 is 5.72. The quantitative estimate of drug-likeness (QED) is 0.806. The summed E-state index contributed by atoms with van der Waals surface area (Å²) in [6, 6.07) is 7.80. The van der Waals surface area contributed by atoms with Crippen LogP contribution in [-0.4, -0.2) is 67.0 Å². The Morgan fingerprint density at radius 3 is 2.58 bits per heavy atom. The summed E-state index contributed by atoms with van der Waals surface area (Å²) in [5.74, 6) is 1.31. The maximum Gasteiger partial charge on any atom is 0.254 e. The number of benzene rings is 1. The van der Waals surface area contributed by atoms with Crippen LogP contribution in [0.2, 0.25) is 0 Å². The van der Waals surface area contributed by atoms with Crippen molar-refractivity contribution in [3.63, 3.8) is 0 Å². The molecule has 0 spiro atoms. The molecule has 1 heterocycles. The van der Waals surface area contributed by atoms with E-state index in [1.54, 1.807) is 0 Å². The molecular formula is C20H29N3O3. The third-order valence-electron chi connectivity index (χ3n) is 4.63. The van der Waals surface area contributed by atoms with E-state index in [2.05, 4.69) is 24.1 Å². The summed E-state index contributed by atoms with van der Waals surface area (Å²) >= 11 is 0. The molecular weight excluding hydrogens is 330 g/mol. The Balaban J connectivity index is 1.48. The highest BCUT2D eigenvalue weighted by atomic mass is 16.5. The Labute approximate surface area is 155 Å². The molecule has 1 aliphatic heterocycles. The summed E-state index contributed by atoms with van der Waals surface area (Å²) in [4.78, 5) is 28.6. The minimum Gasteiger partial charge on any atom is -0.493 e. The number of carbonyl (C=O) groups excluding carboxylic acids is 2. The fourth-order valence-electron chi connectivity index (χ4n) is 2.98. The van der Waals surface area contributed by atoms with Crippen LogP contribution in [0, 0.1) is 5.92 Å². The molecule has 6 heteroatoms. The zero-order valence-corrected chi connectivity index (χ0v) is 15.7. The molecule has 1 aliphatic carbocycles. The first-order valence-corrected chi connectivity index (χ1v) is 9.55. The highest BCUT2D eigenvalue weighted by Gasteiger charge is 2.26. The SMILES string of the molecule is CC(C)COc1cccc(C(=O)N2CCN(CC(=O)NC3CC3)CC2)c1. The largest absolute Gasteiger partial charge is 0.493 e. The molecule has 2 aliphatic rings. The molecule has 1 saturated carbocycles. The lowest BCUT2D eigenvalue weighted by molar-refractivity contribution is -0.122. The van der Waals surface area contributed by atoms with Gasteiger partial charge in [0.1, 0.15) is 5.75 Å². The Morgan fingerprint density at radius 1 is 1.19 bits per heavy atom. The molecule has 3 rings (SSSR count). The van der Waals surface area contributed by atoms with Crippen LogP contribution in [0.25, 0.3) is 0 Å². The van der Waals surface area contributed by atoms with Gasteiger partial charge in [0.2, 0.25) is 5.91 Å². The normalized spacial score (nSPS) is 18.0. The Morgan fingerprint density at radius 2 is 1.92 bits per heavy atom.